The molecule has 2 heterocycles. The van der Waals surface area contributed by atoms with Crippen LogP contribution in [0.1, 0.15) is 10.5 Å². The molecule has 2 aromatic heterocycles. The molecule has 0 fully saturated rings. The highest BCUT2D eigenvalue weighted by Crippen LogP contribution is 2.18. The Labute approximate surface area is 81.2 Å². The fourth-order valence-electron chi connectivity index (χ4n) is 1.30. The lowest BCUT2D eigenvalue weighted by atomic mass is 10.2. The average Bonchev–Trinajstić information content (AvgIpc) is 2.61. The van der Waals surface area contributed by atoms with Crippen LogP contribution in [0.5, 0.6) is 0 Å². The van der Waals surface area contributed by atoms with Gasteiger partial charge in [0.1, 0.15) is 11.4 Å². The van der Waals surface area contributed by atoms with Crippen molar-refractivity contribution in [2.75, 3.05) is 0 Å². The molecule has 0 spiro atoms. The molecule has 0 radical (unpaired) electrons. The molecular formula is C10H9N3O. The lowest BCUT2D eigenvalue weighted by Gasteiger charge is -1.97. The second-order valence-electron chi connectivity index (χ2n) is 2.95. The van der Waals surface area contributed by atoms with Crippen LogP contribution in [0.3, 0.4) is 0 Å². The Kier molecular flexibility index (Phi) is 2.10. The summed E-state index contributed by atoms with van der Waals surface area (Å²) in [6, 6.07) is 3.70. The van der Waals surface area contributed by atoms with Crippen molar-refractivity contribution in [3.63, 3.8) is 0 Å². The first-order valence-corrected chi connectivity index (χ1v) is 4.20. The Morgan fingerprint density at radius 2 is 2.36 bits per heavy atom. The zero-order chi connectivity index (χ0) is 9.97. The van der Waals surface area contributed by atoms with E-state index in [0.717, 1.165) is 11.8 Å². The molecule has 0 aliphatic carbocycles. The summed E-state index contributed by atoms with van der Waals surface area (Å²) in [4.78, 5) is 18.9. The lowest BCUT2D eigenvalue weighted by molar-refractivity contribution is 0.111. The number of hydrogen-bond donors (Lipinski definition) is 0. The average molecular weight is 187 g/mol. The van der Waals surface area contributed by atoms with E-state index < -0.39 is 0 Å². The molecule has 0 amide bonds. The molecule has 0 bridgehead atoms. The minimum atomic E-state index is 0.568. The molecule has 0 aromatic carbocycles. The molecule has 0 unspecified atom stereocenters. The molecule has 2 rings (SSSR count). The highest BCUT2D eigenvalue weighted by atomic mass is 16.1. The quantitative estimate of drug-likeness (QED) is 0.665. The zero-order valence-electron chi connectivity index (χ0n) is 7.71. The summed E-state index contributed by atoms with van der Waals surface area (Å²) in [6.45, 7) is 0. The van der Waals surface area contributed by atoms with Crippen LogP contribution in [0.2, 0.25) is 0 Å². The molecule has 14 heavy (non-hydrogen) atoms. The third kappa shape index (κ3) is 1.31. The Bertz CT molecular complexity index is 448. The second kappa shape index (κ2) is 3.41. The first-order valence-electron chi connectivity index (χ1n) is 4.20. The van der Waals surface area contributed by atoms with Crippen molar-refractivity contribution in [1.82, 2.24) is 14.5 Å². The van der Waals surface area contributed by atoms with Crippen LogP contribution >= 0.6 is 0 Å². The standard InChI is InChI=1S/C10H9N3O/c1-13-7-12-10(9(13)6-14)8-3-2-4-11-5-8/h2-7H,1H3. The molecule has 0 N–H and O–H groups in total. The number of hydrogen-bond acceptors (Lipinski definition) is 3. The molecule has 2 aromatic rings. The fraction of sp³-hybridized carbons (Fsp3) is 0.100. The van der Waals surface area contributed by atoms with E-state index in [0.29, 0.717) is 11.4 Å². The van der Waals surface area contributed by atoms with E-state index in [-0.39, 0.29) is 0 Å². The summed E-state index contributed by atoms with van der Waals surface area (Å²) < 4.78 is 1.69. The molecule has 0 saturated carbocycles. The number of rotatable bonds is 2. The van der Waals surface area contributed by atoms with Crippen LogP contribution in [0, 0.1) is 0 Å². The van der Waals surface area contributed by atoms with Crippen molar-refractivity contribution >= 4 is 6.29 Å². The summed E-state index contributed by atoms with van der Waals surface area (Å²) >= 11 is 0. The predicted octanol–water partition coefficient (Wildman–Crippen LogP) is 1.29. The first kappa shape index (κ1) is 8.62. The molecule has 0 aliphatic heterocycles. The highest BCUT2D eigenvalue weighted by molar-refractivity contribution is 5.83. The Morgan fingerprint density at radius 1 is 1.50 bits per heavy atom. The van der Waals surface area contributed by atoms with E-state index in [9.17, 15) is 4.79 Å². The normalized spacial score (nSPS) is 10.1. The van der Waals surface area contributed by atoms with Gasteiger partial charge in [-0.15, -0.1) is 0 Å². The number of carbonyl (C=O) groups excluding carboxylic acids is 1. The van der Waals surface area contributed by atoms with E-state index in [1.807, 2.05) is 12.1 Å². The number of nitrogens with zero attached hydrogens (tertiary/aromatic N) is 3. The largest absolute Gasteiger partial charge is 0.331 e. The van der Waals surface area contributed by atoms with Crippen LogP contribution in [-0.2, 0) is 7.05 Å². The fourth-order valence-corrected chi connectivity index (χ4v) is 1.30. The van der Waals surface area contributed by atoms with Gasteiger partial charge in [-0.3, -0.25) is 9.78 Å². The zero-order valence-corrected chi connectivity index (χ0v) is 7.71. The summed E-state index contributed by atoms with van der Waals surface area (Å²) in [6.07, 6.45) is 5.80. The van der Waals surface area contributed by atoms with Crippen LogP contribution in [-0.4, -0.2) is 20.8 Å². The van der Waals surface area contributed by atoms with E-state index in [1.54, 1.807) is 30.3 Å². The Morgan fingerprint density at radius 3 is 3.00 bits per heavy atom. The van der Waals surface area contributed by atoms with Gasteiger partial charge in [-0.2, -0.15) is 0 Å². The van der Waals surface area contributed by atoms with Gasteiger partial charge in [0.05, 0.1) is 6.33 Å². The maximum Gasteiger partial charge on any atom is 0.168 e. The van der Waals surface area contributed by atoms with Crippen LogP contribution in [0.25, 0.3) is 11.3 Å². The molecule has 4 heteroatoms. The van der Waals surface area contributed by atoms with Crippen molar-refractivity contribution in [1.29, 1.82) is 0 Å². The number of aromatic nitrogens is 3. The summed E-state index contributed by atoms with van der Waals surface area (Å²) in [5.41, 5.74) is 2.10. The molecule has 4 nitrogen and oxygen atoms in total. The van der Waals surface area contributed by atoms with Gasteiger partial charge in [0.2, 0.25) is 0 Å². The SMILES string of the molecule is Cn1cnc(-c2cccnc2)c1C=O. The maximum absolute atomic E-state index is 10.8. The number of aldehydes is 1. The predicted molar refractivity (Wildman–Crippen MR) is 51.8 cm³/mol. The van der Waals surface area contributed by atoms with Crippen LogP contribution in [0.4, 0.5) is 0 Å². The van der Waals surface area contributed by atoms with Gasteiger partial charge in [0, 0.05) is 25.0 Å². The lowest BCUT2D eigenvalue weighted by Crippen LogP contribution is -1.94. The minimum Gasteiger partial charge on any atom is -0.331 e. The van der Waals surface area contributed by atoms with Crippen molar-refractivity contribution in [3.05, 3.63) is 36.5 Å². The second-order valence-corrected chi connectivity index (χ2v) is 2.95. The van der Waals surface area contributed by atoms with Crippen LogP contribution < -0.4 is 0 Å². The van der Waals surface area contributed by atoms with E-state index in [2.05, 4.69) is 9.97 Å². The number of imidazole rings is 1. The van der Waals surface area contributed by atoms with Crippen molar-refractivity contribution in [2.24, 2.45) is 7.05 Å². The summed E-state index contributed by atoms with van der Waals surface area (Å²) in [5.74, 6) is 0. The van der Waals surface area contributed by atoms with Crippen molar-refractivity contribution in [2.45, 2.75) is 0 Å². The monoisotopic (exact) mass is 187 g/mol. The summed E-state index contributed by atoms with van der Waals surface area (Å²) in [7, 11) is 1.79. The van der Waals surface area contributed by atoms with Gasteiger partial charge in [0.25, 0.3) is 0 Å². The molecule has 0 saturated heterocycles. The molecule has 70 valence electrons. The van der Waals surface area contributed by atoms with Gasteiger partial charge in [0.15, 0.2) is 6.29 Å². The van der Waals surface area contributed by atoms with E-state index >= 15 is 0 Å². The Hall–Kier alpha value is -1.97. The maximum atomic E-state index is 10.8. The Balaban J connectivity index is 2.57. The van der Waals surface area contributed by atoms with Gasteiger partial charge >= 0.3 is 0 Å². The molecule has 0 atom stereocenters. The smallest absolute Gasteiger partial charge is 0.168 e. The van der Waals surface area contributed by atoms with E-state index in [4.69, 9.17) is 0 Å². The molecular weight excluding hydrogens is 178 g/mol. The first-order chi connectivity index (χ1) is 6.83. The number of carbonyl (C=O) groups is 1. The van der Waals surface area contributed by atoms with Crippen molar-refractivity contribution < 1.29 is 4.79 Å². The number of aryl methyl sites for hydroxylation is 1. The number of pyridine rings is 1. The third-order valence-electron chi connectivity index (χ3n) is 2.03. The van der Waals surface area contributed by atoms with Gasteiger partial charge in [-0.05, 0) is 12.1 Å². The van der Waals surface area contributed by atoms with Gasteiger partial charge in [-0.25, -0.2) is 4.98 Å². The van der Waals surface area contributed by atoms with Gasteiger partial charge in [-0.1, -0.05) is 0 Å². The van der Waals surface area contributed by atoms with Gasteiger partial charge < -0.3 is 4.57 Å². The van der Waals surface area contributed by atoms with Crippen molar-refractivity contribution in [3.8, 4) is 11.3 Å². The molecule has 0 aliphatic rings. The topological polar surface area (TPSA) is 47.8 Å². The van der Waals surface area contributed by atoms with E-state index in [1.165, 1.54) is 0 Å². The third-order valence-corrected chi connectivity index (χ3v) is 2.03. The highest BCUT2D eigenvalue weighted by Gasteiger charge is 2.09. The minimum absolute atomic E-state index is 0.568. The summed E-state index contributed by atoms with van der Waals surface area (Å²) in [5, 5.41) is 0. The van der Waals surface area contributed by atoms with Crippen LogP contribution in [0.15, 0.2) is 30.9 Å².